The lowest BCUT2D eigenvalue weighted by Crippen LogP contribution is -2.35. The Bertz CT molecular complexity index is 287. The molecule has 6 heteroatoms. The molecule has 0 amide bonds. The molecule has 2 fully saturated rings. The van der Waals surface area contributed by atoms with Crippen LogP contribution in [0.3, 0.4) is 0 Å². The molecule has 0 aromatic carbocycles. The maximum absolute atomic E-state index is 3.44. The molecule has 126 valence electrons. The van der Waals surface area contributed by atoms with Crippen LogP contribution in [0.25, 0.3) is 0 Å². The van der Waals surface area contributed by atoms with Gasteiger partial charge in [0.1, 0.15) is 0 Å². The van der Waals surface area contributed by atoms with Crippen LogP contribution >= 0.6 is 0 Å². The normalized spacial score (nSPS) is 23.8. The SMILES string of the molecule is C(#CCN1CCNCCNCC1)CN1CCNCCNCC1. The van der Waals surface area contributed by atoms with Crippen LogP contribution in [0.1, 0.15) is 0 Å². The van der Waals surface area contributed by atoms with E-state index in [9.17, 15) is 0 Å². The van der Waals surface area contributed by atoms with E-state index in [1.54, 1.807) is 0 Å². The van der Waals surface area contributed by atoms with E-state index in [0.29, 0.717) is 0 Å². The predicted molar refractivity (Wildman–Crippen MR) is 92.1 cm³/mol. The Hall–Kier alpha value is -0.680. The molecule has 0 aromatic heterocycles. The van der Waals surface area contributed by atoms with Crippen LogP contribution in [-0.2, 0) is 0 Å². The zero-order valence-corrected chi connectivity index (χ0v) is 13.8. The van der Waals surface area contributed by atoms with Crippen LogP contribution in [-0.4, -0.2) is 101 Å². The minimum atomic E-state index is 0.883. The first-order chi connectivity index (χ1) is 10.9. The third kappa shape index (κ3) is 8.08. The minimum absolute atomic E-state index is 0.883. The lowest BCUT2D eigenvalue weighted by molar-refractivity contribution is 0.309. The van der Waals surface area contributed by atoms with Gasteiger partial charge in [-0.2, -0.15) is 0 Å². The average Bonchev–Trinajstić information content (AvgIpc) is 2.75. The Morgan fingerprint density at radius 2 is 0.818 bits per heavy atom. The van der Waals surface area contributed by atoms with Gasteiger partial charge in [-0.25, -0.2) is 0 Å². The van der Waals surface area contributed by atoms with Crippen LogP contribution in [0.2, 0.25) is 0 Å². The number of nitrogens with one attached hydrogen (secondary N) is 4. The van der Waals surface area contributed by atoms with Crippen molar-refractivity contribution in [1.29, 1.82) is 0 Å². The molecule has 2 rings (SSSR count). The summed E-state index contributed by atoms with van der Waals surface area (Å²) in [6.07, 6.45) is 0. The summed E-state index contributed by atoms with van der Waals surface area (Å²) in [5.41, 5.74) is 0. The Morgan fingerprint density at radius 1 is 0.500 bits per heavy atom. The molecule has 0 aromatic rings. The highest BCUT2D eigenvalue weighted by molar-refractivity contribution is 5.03. The van der Waals surface area contributed by atoms with E-state index < -0.39 is 0 Å². The van der Waals surface area contributed by atoms with Gasteiger partial charge >= 0.3 is 0 Å². The molecule has 22 heavy (non-hydrogen) atoms. The van der Waals surface area contributed by atoms with Gasteiger partial charge < -0.3 is 21.3 Å². The van der Waals surface area contributed by atoms with E-state index >= 15 is 0 Å². The second-order valence-corrected chi connectivity index (χ2v) is 5.91. The fraction of sp³-hybridized carbons (Fsp3) is 0.875. The highest BCUT2D eigenvalue weighted by atomic mass is 15.2. The number of hydrogen-bond donors (Lipinski definition) is 4. The van der Waals surface area contributed by atoms with Crippen LogP contribution in [0.5, 0.6) is 0 Å². The van der Waals surface area contributed by atoms with Crippen molar-refractivity contribution in [3.63, 3.8) is 0 Å². The molecule has 0 bridgehead atoms. The summed E-state index contributed by atoms with van der Waals surface area (Å²) in [4.78, 5) is 4.86. The summed E-state index contributed by atoms with van der Waals surface area (Å²) in [6.45, 7) is 14.6. The van der Waals surface area contributed by atoms with Gasteiger partial charge in [0.25, 0.3) is 0 Å². The highest BCUT2D eigenvalue weighted by Crippen LogP contribution is 1.89. The fourth-order valence-corrected chi connectivity index (χ4v) is 2.68. The molecular formula is C16H32N6. The lowest BCUT2D eigenvalue weighted by atomic mass is 10.4. The quantitative estimate of drug-likeness (QED) is 0.442. The summed E-state index contributed by atoms with van der Waals surface area (Å²) < 4.78 is 0. The van der Waals surface area contributed by atoms with Gasteiger partial charge in [-0.3, -0.25) is 9.80 Å². The van der Waals surface area contributed by atoms with Crippen LogP contribution in [0.4, 0.5) is 0 Å². The smallest absolute Gasteiger partial charge is 0.0602 e. The Morgan fingerprint density at radius 3 is 1.14 bits per heavy atom. The molecule has 0 radical (unpaired) electrons. The first-order valence-electron chi connectivity index (χ1n) is 8.68. The zero-order chi connectivity index (χ0) is 15.3. The molecule has 2 saturated heterocycles. The fourth-order valence-electron chi connectivity index (χ4n) is 2.68. The summed E-state index contributed by atoms with van der Waals surface area (Å²) in [5, 5.41) is 13.8. The predicted octanol–water partition coefficient (Wildman–Crippen LogP) is -2.02. The molecule has 0 saturated carbocycles. The van der Waals surface area contributed by atoms with Gasteiger partial charge in [0.05, 0.1) is 13.1 Å². The second kappa shape index (κ2) is 11.8. The third-order valence-corrected chi connectivity index (χ3v) is 4.11. The van der Waals surface area contributed by atoms with Gasteiger partial charge in [-0.05, 0) is 0 Å². The van der Waals surface area contributed by atoms with Crippen molar-refractivity contribution in [2.75, 3.05) is 91.6 Å². The maximum atomic E-state index is 3.44. The van der Waals surface area contributed by atoms with E-state index in [1.807, 2.05) is 0 Å². The molecule has 0 atom stereocenters. The first kappa shape index (κ1) is 17.7. The van der Waals surface area contributed by atoms with Gasteiger partial charge in [0, 0.05) is 78.5 Å². The van der Waals surface area contributed by atoms with E-state index in [0.717, 1.165) is 91.6 Å². The van der Waals surface area contributed by atoms with Crippen LogP contribution < -0.4 is 21.3 Å². The van der Waals surface area contributed by atoms with Crippen LogP contribution in [0.15, 0.2) is 0 Å². The van der Waals surface area contributed by atoms with Crippen molar-refractivity contribution in [3.05, 3.63) is 0 Å². The molecule has 0 unspecified atom stereocenters. The van der Waals surface area contributed by atoms with E-state index in [2.05, 4.69) is 42.9 Å². The summed E-state index contributed by atoms with van der Waals surface area (Å²) in [7, 11) is 0. The highest BCUT2D eigenvalue weighted by Gasteiger charge is 2.06. The van der Waals surface area contributed by atoms with Gasteiger partial charge in [0.2, 0.25) is 0 Å². The van der Waals surface area contributed by atoms with Crippen molar-refractivity contribution >= 4 is 0 Å². The molecule has 2 heterocycles. The molecule has 2 aliphatic rings. The van der Waals surface area contributed by atoms with Crippen LogP contribution in [0, 0.1) is 11.8 Å². The average molecular weight is 308 g/mol. The van der Waals surface area contributed by atoms with Crippen molar-refractivity contribution in [3.8, 4) is 11.8 Å². The van der Waals surface area contributed by atoms with Crippen molar-refractivity contribution in [1.82, 2.24) is 31.1 Å². The van der Waals surface area contributed by atoms with Gasteiger partial charge in [-0.15, -0.1) is 0 Å². The number of rotatable bonds is 2. The number of nitrogens with zero attached hydrogens (tertiary/aromatic N) is 2. The van der Waals surface area contributed by atoms with Gasteiger partial charge in [-0.1, -0.05) is 11.8 Å². The largest absolute Gasteiger partial charge is 0.314 e. The third-order valence-electron chi connectivity index (χ3n) is 4.11. The van der Waals surface area contributed by atoms with E-state index in [1.165, 1.54) is 0 Å². The summed E-state index contributed by atoms with van der Waals surface area (Å²) >= 11 is 0. The lowest BCUT2D eigenvalue weighted by Gasteiger charge is -2.19. The topological polar surface area (TPSA) is 54.6 Å². The number of hydrogen-bond acceptors (Lipinski definition) is 6. The summed E-state index contributed by atoms with van der Waals surface area (Å²) in [6, 6.07) is 0. The Kier molecular flexibility index (Phi) is 9.50. The first-order valence-corrected chi connectivity index (χ1v) is 8.68. The maximum Gasteiger partial charge on any atom is 0.0602 e. The molecule has 0 spiro atoms. The Labute approximate surface area is 135 Å². The standard InChI is InChI=1S/C16H32N6/c1(11-21-13-7-17-3-4-18-8-14-21)2-12-22-15-9-19-5-6-20-10-16-22/h17-20H,3-16H2. The van der Waals surface area contributed by atoms with Crippen molar-refractivity contribution in [2.24, 2.45) is 0 Å². The van der Waals surface area contributed by atoms with Gasteiger partial charge in [0.15, 0.2) is 0 Å². The zero-order valence-electron chi connectivity index (χ0n) is 13.8. The molecule has 6 nitrogen and oxygen atoms in total. The van der Waals surface area contributed by atoms with Crippen molar-refractivity contribution in [2.45, 2.75) is 0 Å². The molecule has 4 N–H and O–H groups in total. The van der Waals surface area contributed by atoms with E-state index in [4.69, 9.17) is 0 Å². The molecular weight excluding hydrogens is 276 g/mol. The molecule has 0 aliphatic carbocycles. The van der Waals surface area contributed by atoms with E-state index in [-0.39, 0.29) is 0 Å². The summed E-state index contributed by atoms with van der Waals surface area (Å²) in [5.74, 6) is 6.72. The molecule has 2 aliphatic heterocycles. The second-order valence-electron chi connectivity index (χ2n) is 5.91. The monoisotopic (exact) mass is 308 g/mol. The Balaban J connectivity index is 1.67. The minimum Gasteiger partial charge on any atom is -0.314 e. The van der Waals surface area contributed by atoms with Crippen molar-refractivity contribution < 1.29 is 0 Å².